The summed E-state index contributed by atoms with van der Waals surface area (Å²) in [7, 11) is 0. The predicted octanol–water partition coefficient (Wildman–Crippen LogP) is 3.85. The molecule has 4 aliphatic carbocycles. The van der Waals surface area contributed by atoms with Gasteiger partial charge in [-0.15, -0.1) is 6.42 Å². The van der Waals surface area contributed by atoms with E-state index in [1.807, 2.05) is 4.90 Å². The largest absolute Gasteiger partial charge is 0.331 e. The number of terminal acetylenes is 1. The zero-order valence-electron chi connectivity index (χ0n) is 13.9. The first-order chi connectivity index (χ1) is 9.84. The zero-order chi connectivity index (χ0) is 15.3. The second-order valence-electron chi connectivity index (χ2n) is 8.84. The monoisotopic (exact) mass is 287 g/mol. The van der Waals surface area contributed by atoms with Crippen molar-refractivity contribution in [3.8, 4) is 12.3 Å². The van der Waals surface area contributed by atoms with Crippen LogP contribution < -0.4 is 0 Å². The van der Waals surface area contributed by atoms with Gasteiger partial charge >= 0.3 is 0 Å². The minimum Gasteiger partial charge on any atom is -0.331 e. The average molecular weight is 287 g/mol. The summed E-state index contributed by atoms with van der Waals surface area (Å²) in [5.41, 5.74) is 0.671. The van der Waals surface area contributed by atoms with Crippen molar-refractivity contribution in [2.24, 2.45) is 22.2 Å². The van der Waals surface area contributed by atoms with E-state index in [1.165, 1.54) is 19.3 Å². The molecule has 116 valence electrons. The number of amides is 1. The maximum Gasteiger partial charge on any atom is 0.229 e. The third-order valence-corrected chi connectivity index (χ3v) is 6.14. The Morgan fingerprint density at radius 2 is 1.81 bits per heavy atom. The lowest BCUT2D eigenvalue weighted by Gasteiger charge is -2.65. The lowest BCUT2D eigenvalue weighted by Crippen LogP contribution is -2.60. The Balaban J connectivity index is 1.90. The van der Waals surface area contributed by atoms with Crippen molar-refractivity contribution in [3.63, 3.8) is 0 Å². The van der Waals surface area contributed by atoms with Gasteiger partial charge in [-0.1, -0.05) is 26.7 Å². The van der Waals surface area contributed by atoms with E-state index in [-0.39, 0.29) is 5.41 Å². The Hall–Kier alpha value is -0.970. The van der Waals surface area contributed by atoms with Crippen molar-refractivity contribution in [2.45, 2.75) is 65.7 Å². The number of hydrogen-bond donors (Lipinski definition) is 0. The minimum atomic E-state index is -0.102. The summed E-state index contributed by atoms with van der Waals surface area (Å²) >= 11 is 0. The van der Waals surface area contributed by atoms with Crippen molar-refractivity contribution in [3.05, 3.63) is 0 Å². The van der Waals surface area contributed by atoms with Gasteiger partial charge in [0, 0.05) is 6.54 Å². The molecule has 4 saturated carbocycles. The third kappa shape index (κ3) is 2.39. The van der Waals surface area contributed by atoms with Crippen LogP contribution in [0, 0.1) is 34.5 Å². The maximum atomic E-state index is 13.3. The molecular weight excluding hydrogens is 258 g/mol. The fraction of sp³-hybridized carbons (Fsp3) is 0.842. The molecular formula is C19H29NO. The van der Waals surface area contributed by atoms with Crippen LogP contribution in [0.5, 0.6) is 0 Å². The topological polar surface area (TPSA) is 20.3 Å². The van der Waals surface area contributed by atoms with E-state index in [4.69, 9.17) is 6.42 Å². The second-order valence-corrected chi connectivity index (χ2v) is 8.84. The van der Waals surface area contributed by atoms with E-state index < -0.39 is 0 Å². The normalized spacial score (nSPS) is 43.6. The molecule has 2 nitrogen and oxygen atoms in total. The van der Waals surface area contributed by atoms with Crippen molar-refractivity contribution in [1.82, 2.24) is 4.90 Å². The standard InChI is InChI=1S/C19H29NO/c1-5-7-20(8-6-2)16(21)19-11-15-9-17(3,13-19)12-18(4,10-15)14-19/h1,15H,6-14H2,2-4H3. The number of nitrogens with zero attached hydrogens (tertiary/aromatic N) is 1. The highest BCUT2D eigenvalue weighted by molar-refractivity contribution is 5.83. The number of carbonyl (C=O) groups is 1. The van der Waals surface area contributed by atoms with Crippen molar-refractivity contribution >= 4 is 5.91 Å². The van der Waals surface area contributed by atoms with Gasteiger partial charge in [0.1, 0.15) is 0 Å². The van der Waals surface area contributed by atoms with Gasteiger partial charge in [0.05, 0.1) is 12.0 Å². The Kier molecular flexibility index (Phi) is 3.39. The van der Waals surface area contributed by atoms with Crippen LogP contribution in [-0.2, 0) is 4.79 Å². The van der Waals surface area contributed by atoms with Crippen LogP contribution in [0.25, 0.3) is 0 Å². The summed E-state index contributed by atoms with van der Waals surface area (Å²) in [5.74, 6) is 3.81. The number of rotatable bonds is 4. The van der Waals surface area contributed by atoms with Gasteiger partial charge in [-0.25, -0.2) is 0 Å². The quantitative estimate of drug-likeness (QED) is 0.719. The van der Waals surface area contributed by atoms with Gasteiger partial charge in [-0.05, 0) is 61.7 Å². The van der Waals surface area contributed by atoms with E-state index >= 15 is 0 Å². The SMILES string of the molecule is C#CCN(CCC)C(=O)C12CC3CC(C)(CC(C)(C3)C1)C2. The van der Waals surface area contributed by atoms with Gasteiger partial charge in [-0.2, -0.15) is 0 Å². The van der Waals surface area contributed by atoms with Crippen molar-refractivity contribution in [2.75, 3.05) is 13.1 Å². The average Bonchev–Trinajstić information content (AvgIpc) is 2.33. The number of carbonyl (C=O) groups excluding carboxylic acids is 1. The van der Waals surface area contributed by atoms with E-state index in [2.05, 4.69) is 26.7 Å². The molecule has 0 aromatic heterocycles. The molecule has 0 N–H and O–H groups in total. The molecule has 4 fully saturated rings. The van der Waals surface area contributed by atoms with Crippen LogP contribution in [0.2, 0.25) is 0 Å². The molecule has 0 radical (unpaired) electrons. The summed E-state index contributed by atoms with van der Waals surface area (Å²) in [6, 6.07) is 0. The van der Waals surface area contributed by atoms with Crippen molar-refractivity contribution < 1.29 is 4.79 Å². The molecule has 21 heavy (non-hydrogen) atoms. The molecule has 4 rings (SSSR count). The Labute approximate surface area is 129 Å². The minimum absolute atomic E-state index is 0.102. The first kappa shape index (κ1) is 14.9. The summed E-state index contributed by atoms with van der Waals surface area (Å²) in [6.45, 7) is 8.25. The molecule has 0 aliphatic heterocycles. The first-order valence-electron chi connectivity index (χ1n) is 8.57. The molecule has 2 unspecified atom stereocenters. The van der Waals surface area contributed by atoms with Crippen LogP contribution in [0.1, 0.15) is 65.7 Å². The van der Waals surface area contributed by atoms with Gasteiger partial charge in [0.15, 0.2) is 0 Å². The second kappa shape index (κ2) is 4.77. The molecule has 0 aromatic rings. The summed E-state index contributed by atoms with van der Waals surface area (Å²) in [6.07, 6.45) is 13.8. The third-order valence-electron chi connectivity index (χ3n) is 6.14. The molecule has 0 aromatic carbocycles. The van der Waals surface area contributed by atoms with Crippen LogP contribution in [0.4, 0.5) is 0 Å². The van der Waals surface area contributed by atoms with Gasteiger partial charge < -0.3 is 4.90 Å². The molecule has 1 amide bonds. The smallest absolute Gasteiger partial charge is 0.229 e. The fourth-order valence-corrected chi connectivity index (χ4v) is 6.65. The fourth-order valence-electron chi connectivity index (χ4n) is 6.65. The van der Waals surface area contributed by atoms with Crippen LogP contribution in [-0.4, -0.2) is 23.9 Å². The summed E-state index contributed by atoms with van der Waals surface area (Å²) in [5, 5.41) is 0. The highest BCUT2D eigenvalue weighted by Crippen LogP contribution is 2.69. The molecule has 2 atom stereocenters. The lowest BCUT2D eigenvalue weighted by molar-refractivity contribution is -0.179. The van der Waals surface area contributed by atoms with Gasteiger partial charge in [0.2, 0.25) is 5.91 Å². The Morgan fingerprint density at radius 3 is 2.29 bits per heavy atom. The summed E-state index contributed by atoms with van der Waals surface area (Å²) < 4.78 is 0. The van der Waals surface area contributed by atoms with Gasteiger partial charge in [0.25, 0.3) is 0 Å². The van der Waals surface area contributed by atoms with Crippen molar-refractivity contribution in [1.29, 1.82) is 0 Å². The molecule has 2 heteroatoms. The molecule has 0 spiro atoms. The van der Waals surface area contributed by atoms with Crippen LogP contribution in [0.3, 0.4) is 0 Å². The lowest BCUT2D eigenvalue weighted by atomic mass is 9.40. The van der Waals surface area contributed by atoms with E-state index in [9.17, 15) is 4.79 Å². The highest BCUT2D eigenvalue weighted by Gasteiger charge is 2.63. The predicted molar refractivity (Wildman–Crippen MR) is 85.5 cm³/mol. The molecule has 4 aliphatic rings. The molecule has 4 bridgehead atoms. The molecule has 0 saturated heterocycles. The Morgan fingerprint density at radius 1 is 1.19 bits per heavy atom. The number of hydrogen-bond acceptors (Lipinski definition) is 1. The van der Waals surface area contributed by atoms with E-state index in [0.717, 1.165) is 38.1 Å². The first-order valence-corrected chi connectivity index (χ1v) is 8.57. The zero-order valence-corrected chi connectivity index (χ0v) is 13.9. The molecule has 0 heterocycles. The van der Waals surface area contributed by atoms with E-state index in [0.29, 0.717) is 23.3 Å². The van der Waals surface area contributed by atoms with E-state index in [1.54, 1.807) is 0 Å². The maximum absolute atomic E-state index is 13.3. The van der Waals surface area contributed by atoms with Gasteiger partial charge in [-0.3, -0.25) is 4.79 Å². The highest BCUT2D eigenvalue weighted by atomic mass is 16.2. The summed E-state index contributed by atoms with van der Waals surface area (Å²) in [4.78, 5) is 15.2. The Bertz CT molecular complexity index is 470. The van der Waals surface area contributed by atoms with Crippen LogP contribution >= 0.6 is 0 Å². The van der Waals surface area contributed by atoms with Crippen LogP contribution in [0.15, 0.2) is 0 Å².